The van der Waals surface area contributed by atoms with Crippen LogP contribution in [0.2, 0.25) is 0 Å². The molecule has 0 radical (unpaired) electrons. The fourth-order valence-corrected chi connectivity index (χ4v) is 3.88. The number of aromatic nitrogens is 5. The van der Waals surface area contributed by atoms with Gasteiger partial charge >= 0.3 is 0 Å². The Bertz CT molecular complexity index is 1240. The van der Waals surface area contributed by atoms with Gasteiger partial charge in [0.15, 0.2) is 5.58 Å². The number of aryl methyl sites for hydroxylation is 1. The molecule has 1 aromatic carbocycles. The van der Waals surface area contributed by atoms with Crippen LogP contribution in [0.1, 0.15) is 17.1 Å². The molecule has 0 atom stereocenters. The first-order valence-corrected chi connectivity index (χ1v) is 10.3. The van der Waals surface area contributed by atoms with Crippen molar-refractivity contribution in [3.05, 3.63) is 60.1 Å². The monoisotopic (exact) mass is 417 g/mol. The van der Waals surface area contributed by atoms with Crippen molar-refractivity contribution in [2.75, 3.05) is 31.1 Å². The van der Waals surface area contributed by atoms with Crippen molar-refractivity contribution >= 4 is 22.7 Å². The first kappa shape index (κ1) is 19.2. The lowest BCUT2D eigenvalue weighted by atomic mass is 10.1. The fraction of sp³-hybridized carbons (Fsp3) is 0.318. The van der Waals surface area contributed by atoms with Crippen LogP contribution >= 0.6 is 0 Å². The molecule has 1 amide bonds. The predicted molar refractivity (Wildman–Crippen MR) is 115 cm³/mol. The molecule has 0 bridgehead atoms. The van der Waals surface area contributed by atoms with E-state index in [9.17, 15) is 4.79 Å². The molecule has 0 saturated carbocycles. The molecule has 4 heterocycles. The Hall–Kier alpha value is -3.75. The standard InChI is InChI=1S/C22H23N7O2/c1-15-16(2)29(14-25-15)21-12-20(23-13-24-21)27-7-9-28(10-8-27)22(30)11-18-17-5-3-4-6-19(17)31-26-18/h3-6,12-14H,7-11H2,1-2H3. The summed E-state index contributed by atoms with van der Waals surface area (Å²) in [5.41, 5.74) is 3.43. The second-order valence-corrected chi connectivity index (χ2v) is 7.69. The maximum absolute atomic E-state index is 12.8. The van der Waals surface area contributed by atoms with E-state index < -0.39 is 0 Å². The normalized spacial score (nSPS) is 14.4. The van der Waals surface area contributed by atoms with E-state index in [2.05, 4.69) is 25.0 Å². The Morgan fingerprint density at radius 2 is 1.81 bits per heavy atom. The SMILES string of the molecule is Cc1ncn(-c2cc(N3CCN(C(=O)Cc4noc5ccccc45)CC3)ncn2)c1C. The largest absolute Gasteiger partial charge is 0.356 e. The van der Waals surface area contributed by atoms with Gasteiger partial charge in [-0.15, -0.1) is 0 Å². The van der Waals surface area contributed by atoms with Crippen LogP contribution in [0, 0.1) is 13.8 Å². The number of imidazole rings is 1. The van der Waals surface area contributed by atoms with Crippen molar-refractivity contribution in [2.45, 2.75) is 20.3 Å². The number of amides is 1. The van der Waals surface area contributed by atoms with Gasteiger partial charge in [-0.3, -0.25) is 9.36 Å². The van der Waals surface area contributed by atoms with Gasteiger partial charge in [0.25, 0.3) is 0 Å². The summed E-state index contributed by atoms with van der Waals surface area (Å²) in [5, 5.41) is 4.98. The lowest BCUT2D eigenvalue weighted by Gasteiger charge is -2.35. The first-order chi connectivity index (χ1) is 15.1. The maximum atomic E-state index is 12.8. The summed E-state index contributed by atoms with van der Waals surface area (Å²) >= 11 is 0. The second kappa shape index (κ2) is 7.82. The van der Waals surface area contributed by atoms with Gasteiger partial charge < -0.3 is 14.3 Å². The van der Waals surface area contributed by atoms with Gasteiger partial charge in [0.1, 0.15) is 30.0 Å². The van der Waals surface area contributed by atoms with Crippen molar-refractivity contribution in [1.82, 2.24) is 29.6 Å². The van der Waals surface area contributed by atoms with E-state index in [0.29, 0.717) is 37.5 Å². The summed E-state index contributed by atoms with van der Waals surface area (Å²) in [6, 6.07) is 9.58. The zero-order chi connectivity index (χ0) is 21.4. The highest BCUT2D eigenvalue weighted by Gasteiger charge is 2.24. The van der Waals surface area contributed by atoms with Crippen LogP contribution in [-0.4, -0.2) is 61.7 Å². The Morgan fingerprint density at radius 1 is 1.03 bits per heavy atom. The lowest BCUT2D eigenvalue weighted by Crippen LogP contribution is -2.49. The van der Waals surface area contributed by atoms with Gasteiger partial charge in [-0.2, -0.15) is 0 Å². The van der Waals surface area contributed by atoms with Crippen LogP contribution in [0.25, 0.3) is 16.8 Å². The number of carbonyl (C=O) groups excluding carboxylic acids is 1. The molecule has 9 nitrogen and oxygen atoms in total. The predicted octanol–water partition coefficient (Wildman–Crippen LogP) is 2.31. The molecule has 5 rings (SSSR count). The summed E-state index contributed by atoms with van der Waals surface area (Å²) in [4.78, 5) is 30.1. The zero-order valence-corrected chi connectivity index (χ0v) is 17.5. The molecule has 1 aliphatic rings. The quantitative estimate of drug-likeness (QED) is 0.503. The van der Waals surface area contributed by atoms with Gasteiger partial charge in [-0.1, -0.05) is 17.3 Å². The lowest BCUT2D eigenvalue weighted by molar-refractivity contribution is -0.130. The molecule has 0 spiro atoms. The van der Waals surface area contributed by atoms with Crippen molar-refractivity contribution in [2.24, 2.45) is 0 Å². The van der Waals surface area contributed by atoms with Gasteiger partial charge in [0, 0.05) is 43.3 Å². The Morgan fingerprint density at radius 3 is 2.58 bits per heavy atom. The van der Waals surface area contributed by atoms with Crippen molar-refractivity contribution in [3.63, 3.8) is 0 Å². The Labute approximate surface area is 179 Å². The Kier molecular flexibility index (Phi) is 4.85. The van der Waals surface area contributed by atoms with Crippen LogP contribution in [0.3, 0.4) is 0 Å². The Balaban J connectivity index is 1.25. The zero-order valence-electron chi connectivity index (χ0n) is 17.5. The van der Waals surface area contributed by atoms with Crippen LogP contribution in [0.15, 0.2) is 47.5 Å². The number of hydrogen-bond donors (Lipinski definition) is 0. The van der Waals surface area contributed by atoms with E-state index in [1.54, 1.807) is 12.7 Å². The van der Waals surface area contributed by atoms with E-state index >= 15 is 0 Å². The fourth-order valence-electron chi connectivity index (χ4n) is 3.88. The molecule has 31 heavy (non-hydrogen) atoms. The summed E-state index contributed by atoms with van der Waals surface area (Å²) < 4.78 is 7.28. The number of benzene rings is 1. The smallest absolute Gasteiger partial charge is 0.228 e. The molecule has 1 aliphatic heterocycles. The minimum absolute atomic E-state index is 0.0617. The molecule has 3 aromatic heterocycles. The number of hydrogen-bond acceptors (Lipinski definition) is 7. The maximum Gasteiger partial charge on any atom is 0.228 e. The van der Waals surface area contributed by atoms with E-state index in [4.69, 9.17) is 4.52 Å². The summed E-state index contributed by atoms with van der Waals surface area (Å²) in [6.07, 6.45) is 3.60. The third-order valence-corrected chi connectivity index (χ3v) is 5.86. The van der Waals surface area contributed by atoms with E-state index in [1.165, 1.54) is 0 Å². The first-order valence-electron chi connectivity index (χ1n) is 10.3. The van der Waals surface area contributed by atoms with Gasteiger partial charge in [-0.25, -0.2) is 15.0 Å². The molecular weight excluding hydrogens is 394 g/mol. The highest BCUT2D eigenvalue weighted by atomic mass is 16.5. The third-order valence-electron chi connectivity index (χ3n) is 5.86. The number of para-hydroxylation sites is 1. The number of fused-ring (bicyclic) bond motifs is 1. The third kappa shape index (κ3) is 3.63. The molecule has 1 saturated heterocycles. The van der Waals surface area contributed by atoms with Gasteiger partial charge in [0.05, 0.1) is 12.1 Å². The average molecular weight is 417 g/mol. The molecule has 9 heteroatoms. The molecule has 0 N–H and O–H groups in total. The molecule has 4 aromatic rings. The van der Waals surface area contributed by atoms with Crippen molar-refractivity contribution < 1.29 is 9.32 Å². The van der Waals surface area contributed by atoms with Crippen LogP contribution in [-0.2, 0) is 11.2 Å². The number of rotatable bonds is 4. The molecule has 158 valence electrons. The topological polar surface area (TPSA) is 93.2 Å². The molecule has 0 aliphatic carbocycles. The van der Waals surface area contributed by atoms with E-state index in [1.807, 2.05) is 53.6 Å². The summed E-state index contributed by atoms with van der Waals surface area (Å²) in [7, 11) is 0. The average Bonchev–Trinajstić information content (AvgIpc) is 3.37. The number of anilines is 1. The molecular formula is C22H23N7O2. The summed E-state index contributed by atoms with van der Waals surface area (Å²) in [5.74, 6) is 1.71. The number of piperazine rings is 1. The van der Waals surface area contributed by atoms with Crippen molar-refractivity contribution in [1.29, 1.82) is 0 Å². The summed E-state index contributed by atoms with van der Waals surface area (Å²) in [6.45, 7) is 6.69. The van der Waals surface area contributed by atoms with Crippen molar-refractivity contribution in [3.8, 4) is 5.82 Å². The second-order valence-electron chi connectivity index (χ2n) is 7.69. The highest BCUT2D eigenvalue weighted by Crippen LogP contribution is 2.21. The van der Waals surface area contributed by atoms with Crippen LogP contribution in [0.5, 0.6) is 0 Å². The minimum Gasteiger partial charge on any atom is -0.356 e. The minimum atomic E-state index is 0.0617. The van der Waals surface area contributed by atoms with E-state index in [-0.39, 0.29) is 12.3 Å². The van der Waals surface area contributed by atoms with Gasteiger partial charge in [0.2, 0.25) is 5.91 Å². The van der Waals surface area contributed by atoms with Gasteiger partial charge in [-0.05, 0) is 26.0 Å². The van der Waals surface area contributed by atoms with E-state index in [0.717, 1.165) is 28.4 Å². The number of nitrogens with zero attached hydrogens (tertiary/aromatic N) is 7. The highest BCUT2D eigenvalue weighted by molar-refractivity contribution is 5.86. The number of carbonyl (C=O) groups is 1. The molecule has 0 unspecified atom stereocenters. The van der Waals surface area contributed by atoms with Crippen LogP contribution in [0.4, 0.5) is 5.82 Å². The van der Waals surface area contributed by atoms with Crippen LogP contribution < -0.4 is 4.90 Å². The molecule has 1 fully saturated rings.